The molecule has 0 aliphatic heterocycles. The number of rotatable bonds is 11. The van der Waals surface area contributed by atoms with E-state index in [-0.39, 0.29) is 39.3 Å². The molecule has 6 heteroatoms. The molecule has 0 saturated heterocycles. The van der Waals surface area contributed by atoms with Crippen molar-refractivity contribution in [3.05, 3.63) is 283 Å². The average Bonchev–Trinajstić information content (AvgIpc) is 0.859. The van der Waals surface area contributed by atoms with E-state index in [1.807, 2.05) is 94.6 Å². The SMILES string of the molecule is [2H]c1c([2H])c([2H])c(-c2cc3c4ccccc4n(-c4cc(C(C)(C)C)ccn4)c3cc2Oc2cccc(-n3[c-][n+](-c4c(-c5c([2H])c([2H])c([2H])c([Si](c6c([2H])c([2H])c([2H])c([2H])c6[2H])(c6c([2H])c([2H])c([2H])c([2H])c6[2H])c6c([2H])c([2H])c([2H])c([2H])c6[2H])c5[2H])cc(C(C)(C)C)cc4C(C)(C)C)c4ccccc43)c2)c([2H])c1[2H]. The van der Waals surface area contributed by atoms with Crippen LogP contribution in [0.5, 0.6) is 11.5 Å². The summed E-state index contributed by atoms with van der Waals surface area (Å²) in [5, 5.41) is -2.38. The van der Waals surface area contributed by atoms with Crippen molar-refractivity contribution >= 4 is 61.7 Å². The van der Waals surface area contributed by atoms with E-state index in [0.717, 1.165) is 16.5 Å². The number of benzene rings is 10. The third-order valence-corrected chi connectivity index (χ3v) is 19.2. The van der Waals surface area contributed by atoms with Crippen molar-refractivity contribution in [2.75, 3.05) is 0 Å². The van der Waals surface area contributed by atoms with Crippen LogP contribution in [0, 0.1) is 6.33 Å². The normalized spacial score (nSPS) is 16.3. The molecule has 0 atom stereocenters. The molecule has 13 aromatic rings. The van der Waals surface area contributed by atoms with Crippen LogP contribution in [-0.2, 0) is 16.2 Å². The van der Waals surface area contributed by atoms with E-state index in [1.54, 1.807) is 76.0 Å². The minimum Gasteiger partial charge on any atom is -0.457 e. The van der Waals surface area contributed by atoms with Crippen molar-refractivity contribution < 1.29 is 42.2 Å². The Bertz CT molecular complexity index is 5780. The fraction of sp³-hybridized carbons (Fsp3) is 0.154. The molecule has 0 amide bonds. The molecule has 10 aromatic carbocycles. The maximum Gasteiger partial charge on any atom is 0.269 e. The van der Waals surface area contributed by atoms with E-state index in [4.69, 9.17) is 17.9 Å². The van der Waals surface area contributed by atoms with E-state index < -0.39 is 190 Å². The Morgan fingerprint density at radius 1 is 0.488 bits per heavy atom. The molecule has 0 spiro atoms. The number of para-hydroxylation sites is 3. The molecule has 3 heterocycles. The Hall–Kier alpha value is -9.36. The van der Waals surface area contributed by atoms with Gasteiger partial charge in [0.2, 0.25) is 0 Å². The van der Waals surface area contributed by atoms with Crippen molar-refractivity contribution in [1.29, 1.82) is 0 Å². The van der Waals surface area contributed by atoms with E-state index >= 15 is 0 Å². The molecule has 0 radical (unpaired) electrons. The van der Waals surface area contributed by atoms with Gasteiger partial charge in [-0.3, -0.25) is 13.7 Å². The van der Waals surface area contributed by atoms with Crippen LogP contribution in [0.2, 0.25) is 0 Å². The highest BCUT2D eigenvalue weighted by Crippen LogP contribution is 2.43. The highest BCUT2D eigenvalue weighted by molar-refractivity contribution is 7.19. The molecule has 0 N–H and O–H groups in total. The summed E-state index contributed by atoms with van der Waals surface area (Å²) in [6.07, 6.45) is 5.31. The van der Waals surface area contributed by atoms with E-state index in [1.165, 1.54) is 0 Å². The Morgan fingerprint density at radius 2 is 1.08 bits per heavy atom. The lowest BCUT2D eigenvalue weighted by Crippen LogP contribution is -2.74. The van der Waals surface area contributed by atoms with Gasteiger partial charge in [-0.1, -0.05) is 268 Å². The molecule has 0 unspecified atom stereocenters. The van der Waals surface area contributed by atoms with Gasteiger partial charge in [0.25, 0.3) is 6.33 Å². The first-order chi connectivity index (χ1) is 50.5. The van der Waals surface area contributed by atoms with Gasteiger partial charge in [0.15, 0.2) is 8.07 Å². The first-order valence-corrected chi connectivity index (χ1v) is 29.4. The third kappa shape index (κ3) is 9.64. The minimum atomic E-state index is -6.28. The summed E-state index contributed by atoms with van der Waals surface area (Å²) in [5.74, 6) is 0.890. The van der Waals surface area contributed by atoms with Gasteiger partial charge < -0.3 is 4.74 Å². The molecule has 84 heavy (non-hydrogen) atoms. The molecule has 412 valence electrons. The lowest BCUT2D eigenvalue weighted by atomic mass is 9.77. The second kappa shape index (κ2) is 21.1. The summed E-state index contributed by atoms with van der Waals surface area (Å²) in [4.78, 5) is 4.87. The Kier molecular flexibility index (Phi) is 8.31. The van der Waals surface area contributed by atoms with Crippen LogP contribution in [0.15, 0.2) is 260 Å². The minimum absolute atomic E-state index is 0.0160. The second-order valence-electron chi connectivity index (χ2n) is 23.6. The summed E-state index contributed by atoms with van der Waals surface area (Å²) in [6, 6.07) is 10.1. The van der Waals surface area contributed by atoms with Crippen molar-refractivity contribution in [2.45, 2.75) is 78.6 Å². The molecule has 0 aliphatic carbocycles. The average molecular weight is 1130 g/mol. The van der Waals surface area contributed by atoms with E-state index in [9.17, 15) is 24.7 Å². The fourth-order valence-corrected chi connectivity index (χ4v) is 14.5. The molecule has 5 nitrogen and oxygen atoms in total. The zero-order chi connectivity index (χ0) is 78.8. The quantitative estimate of drug-likeness (QED) is 0.0560. The smallest absolute Gasteiger partial charge is 0.269 e. The zero-order valence-corrected chi connectivity index (χ0v) is 48.7. The predicted molar refractivity (Wildman–Crippen MR) is 353 cm³/mol. The number of hydrogen-bond donors (Lipinski definition) is 0. The Morgan fingerprint density at radius 3 is 1.73 bits per heavy atom. The van der Waals surface area contributed by atoms with E-state index in [2.05, 4.69) is 27.1 Å². The van der Waals surface area contributed by atoms with Crippen LogP contribution in [0.3, 0.4) is 0 Å². The van der Waals surface area contributed by atoms with Gasteiger partial charge in [-0.25, -0.2) is 4.98 Å². The summed E-state index contributed by atoms with van der Waals surface area (Å²) in [5.41, 5.74) is 2.64. The first kappa shape index (κ1) is 33.1. The lowest BCUT2D eigenvalue weighted by molar-refractivity contribution is -0.572. The number of imidazole rings is 1. The Labute approximate surface area is 529 Å². The number of aromatic nitrogens is 4. The zero-order valence-electron chi connectivity index (χ0n) is 71.7. The topological polar surface area (TPSA) is 35.9 Å². The molecule has 0 bridgehead atoms. The number of hydrogen-bond acceptors (Lipinski definition) is 2. The van der Waals surface area contributed by atoms with Crippen LogP contribution in [0.1, 0.15) is 112 Å². The first-order valence-electron chi connectivity index (χ1n) is 39.4. The molecule has 13 rings (SSSR count). The van der Waals surface area contributed by atoms with Gasteiger partial charge in [0.1, 0.15) is 17.3 Å². The van der Waals surface area contributed by atoms with E-state index in [0.29, 0.717) is 44.6 Å². The predicted octanol–water partition coefficient (Wildman–Crippen LogP) is 16.6. The second-order valence-corrected chi connectivity index (χ2v) is 27.1. The highest BCUT2D eigenvalue weighted by atomic mass is 28.3. The number of fused-ring (bicyclic) bond motifs is 4. The van der Waals surface area contributed by atoms with Crippen molar-refractivity contribution in [3.8, 4) is 50.9 Å². The molecular formula is C78H70N4OSi. The van der Waals surface area contributed by atoms with Gasteiger partial charge in [-0.2, -0.15) is 0 Å². The molecule has 0 aliphatic rings. The maximum atomic E-state index is 11.0. The largest absolute Gasteiger partial charge is 0.457 e. The highest BCUT2D eigenvalue weighted by Gasteiger charge is 2.42. The number of ether oxygens (including phenoxy) is 1. The van der Waals surface area contributed by atoms with Crippen LogP contribution >= 0.6 is 0 Å². The summed E-state index contributed by atoms with van der Waals surface area (Å²) in [7, 11) is -6.28. The molecule has 0 saturated carbocycles. The monoisotopic (exact) mass is 1130 g/mol. The number of pyridine rings is 1. The summed E-state index contributed by atoms with van der Waals surface area (Å²) >= 11 is 0. The van der Waals surface area contributed by atoms with Crippen molar-refractivity contribution in [1.82, 2.24) is 14.1 Å². The number of nitrogens with zero attached hydrogens (tertiary/aromatic N) is 4. The standard InChI is InChI=1S/C78H70N4OSi/c1-76(2,3)56-44-45-79-74(49-56)82-69-41-23-22-40-64(69)67-51-65(54-28-14-10-15-29-54)73(52-72(67)82)83-59-32-27-31-58(50-59)80-53-81(71-43-25-24-42-70(71)80)75-66(47-57(77(4,5)6)48-68(75)78(7,8)9)55-30-26-39-63(46-55)84(60-33-16-11-17-34-60,61-35-18-12-19-36-61)62-37-20-13-21-38-62/h10-52H,1-9H3/i10D,11D,12D,13D,14D,15D,16D,17D,18D,19D,20D,21D,26D,28D,29D,30D,33D,34D,35D,36D,37D,38D,39D,46D. The van der Waals surface area contributed by atoms with Crippen molar-refractivity contribution in [3.63, 3.8) is 0 Å². The van der Waals surface area contributed by atoms with Gasteiger partial charge in [-0.05, 0) is 113 Å². The van der Waals surface area contributed by atoms with Crippen LogP contribution in [-0.4, -0.2) is 22.2 Å². The van der Waals surface area contributed by atoms with Gasteiger partial charge >= 0.3 is 0 Å². The van der Waals surface area contributed by atoms with Crippen LogP contribution < -0.4 is 30.1 Å². The maximum absolute atomic E-state index is 11.0. The van der Waals surface area contributed by atoms with Gasteiger partial charge in [0, 0.05) is 28.6 Å². The fourth-order valence-electron chi connectivity index (χ4n) is 10.9. The molecule has 3 aromatic heterocycles. The summed E-state index contributed by atoms with van der Waals surface area (Å²) < 4.78 is 239. The lowest BCUT2D eigenvalue weighted by Gasteiger charge is -2.35. The third-order valence-electron chi connectivity index (χ3n) is 15.2. The molecular weight excluding hydrogens is 1040 g/mol. The van der Waals surface area contributed by atoms with Crippen LogP contribution in [0.4, 0.5) is 0 Å². The molecule has 0 fully saturated rings. The summed E-state index contributed by atoms with van der Waals surface area (Å²) in [6.45, 7) is 17.8. The Balaban J connectivity index is 1.13. The van der Waals surface area contributed by atoms with Crippen molar-refractivity contribution in [2.24, 2.45) is 0 Å². The van der Waals surface area contributed by atoms with Crippen LogP contribution in [0.25, 0.3) is 72.3 Å². The van der Waals surface area contributed by atoms with Gasteiger partial charge in [0.05, 0.1) is 66.3 Å². The van der Waals surface area contributed by atoms with Gasteiger partial charge in [-0.15, -0.1) is 0 Å².